The van der Waals surface area contributed by atoms with Crippen LogP contribution in [-0.4, -0.2) is 27.0 Å². The van der Waals surface area contributed by atoms with Gasteiger partial charge in [0.25, 0.3) is 5.91 Å². The lowest BCUT2D eigenvalue weighted by Crippen LogP contribution is -2.24. The van der Waals surface area contributed by atoms with Gasteiger partial charge in [-0.3, -0.25) is 4.79 Å². The molecular weight excluding hydrogens is 284 g/mol. The SMILES string of the molecule is CCCCNC(=O)c1cc2ncc(Br)cn2n1. The molecular formula is C11H13BrN4O. The fraction of sp³-hybridized carbons (Fsp3) is 0.364. The quantitative estimate of drug-likeness (QED) is 0.878. The molecule has 2 aromatic rings. The summed E-state index contributed by atoms with van der Waals surface area (Å²) < 4.78 is 2.41. The Morgan fingerprint density at radius 3 is 3.18 bits per heavy atom. The summed E-state index contributed by atoms with van der Waals surface area (Å²) in [6.07, 6.45) is 5.48. The predicted molar refractivity (Wildman–Crippen MR) is 67.9 cm³/mol. The number of fused-ring (bicyclic) bond motifs is 1. The molecule has 0 spiro atoms. The van der Waals surface area contributed by atoms with Crippen LogP contribution in [-0.2, 0) is 0 Å². The number of rotatable bonds is 4. The zero-order valence-electron chi connectivity index (χ0n) is 9.48. The van der Waals surface area contributed by atoms with Crippen molar-refractivity contribution in [3.8, 4) is 0 Å². The van der Waals surface area contributed by atoms with Gasteiger partial charge in [0.2, 0.25) is 0 Å². The molecule has 0 bridgehead atoms. The maximum Gasteiger partial charge on any atom is 0.271 e. The van der Waals surface area contributed by atoms with Crippen LogP contribution in [0.5, 0.6) is 0 Å². The largest absolute Gasteiger partial charge is 0.351 e. The number of halogens is 1. The van der Waals surface area contributed by atoms with Crippen LogP contribution in [0.15, 0.2) is 22.9 Å². The summed E-state index contributed by atoms with van der Waals surface area (Å²) in [6.45, 7) is 2.76. The second-order valence-electron chi connectivity index (χ2n) is 3.71. The van der Waals surface area contributed by atoms with Gasteiger partial charge in [0, 0.05) is 25.0 Å². The van der Waals surface area contributed by atoms with Crippen molar-refractivity contribution < 1.29 is 4.79 Å². The summed E-state index contributed by atoms with van der Waals surface area (Å²) in [5, 5.41) is 6.99. The lowest BCUT2D eigenvalue weighted by molar-refractivity contribution is 0.0948. The number of aromatic nitrogens is 3. The summed E-state index contributed by atoms with van der Waals surface area (Å²) >= 11 is 3.31. The highest BCUT2D eigenvalue weighted by molar-refractivity contribution is 9.10. The number of unbranched alkanes of at least 4 members (excludes halogenated alkanes) is 1. The molecule has 5 nitrogen and oxygen atoms in total. The van der Waals surface area contributed by atoms with Crippen LogP contribution in [0.1, 0.15) is 30.3 Å². The predicted octanol–water partition coefficient (Wildman–Crippen LogP) is 2.02. The van der Waals surface area contributed by atoms with Gasteiger partial charge in [-0.05, 0) is 22.4 Å². The second kappa shape index (κ2) is 5.27. The number of hydrogen-bond donors (Lipinski definition) is 1. The Balaban J connectivity index is 2.15. The molecule has 0 aromatic carbocycles. The highest BCUT2D eigenvalue weighted by Gasteiger charge is 2.10. The van der Waals surface area contributed by atoms with Gasteiger partial charge in [-0.25, -0.2) is 9.50 Å². The lowest BCUT2D eigenvalue weighted by Gasteiger charge is -1.99. The van der Waals surface area contributed by atoms with Gasteiger partial charge in [0.05, 0.1) is 4.47 Å². The molecule has 0 saturated heterocycles. The van der Waals surface area contributed by atoms with Gasteiger partial charge in [-0.2, -0.15) is 5.10 Å². The fourth-order valence-corrected chi connectivity index (χ4v) is 1.73. The summed E-state index contributed by atoms with van der Waals surface area (Å²) in [4.78, 5) is 15.9. The Labute approximate surface area is 107 Å². The van der Waals surface area contributed by atoms with E-state index in [1.165, 1.54) is 0 Å². The molecule has 0 aliphatic rings. The average molecular weight is 297 g/mol. The van der Waals surface area contributed by atoms with Crippen molar-refractivity contribution in [1.82, 2.24) is 19.9 Å². The number of nitrogens with one attached hydrogen (secondary N) is 1. The first-order chi connectivity index (χ1) is 8.20. The van der Waals surface area contributed by atoms with E-state index in [9.17, 15) is 4.79 Å². The van der Waals surface area contributed by atoms with Gasteiger partial charge in [-0.1, -0.05) is 13.3 Å². The van der Waals surface area contributed by atoms with Crippen LogP contribution in [0.4, 0.5) is 0 Å². The molecule has 0 aliphatic heterocycles. The van der Waals surface area contributed by atoms with E-state index < -0.39 is 0 Å². The summed E-state index contributed by atoms with van der Waals surface area (Å²) in [5.74, 6) is -0.153. The molecule has 0 atom stereocenters. The molecule has 1 N–H and O–H groups in total. The highest BCUT2D eigenvalue weighted by atomic mass is 79.9. The van der Waals surface area contributed by atoms with E-state index in [0.29, 0.717) is 17.9 Å². The fourth-order valence-electron chi connectivity index (χ4n) is 1.43. The summed E-state index contributed by atoms with van der Waals surface area (Å²) in [5.41, 5.74) is 1.06. The average Bonchev–Trinajstić information content (AvgIpc) is 2.72. The van der Waals surface area contributed by atoms with Crippen LogP contribution in [0.3, 0.4) is 0 Å². The third kappa shape index (κ3) is 2.82. The molecule has 2 heterocycles. The van der Waals surface area contributed by atoms with Gasteiger partial charge >= 0.3 is 0 Å². The maximum atomic E-state index is 11.7. The summed E-state index contributed by atoms with van der Waals surface area (Å²) in [7, 11) is 0. The molecule has 0 radical (unpaired) electrons. The van der Waals surface area contributed by atoms with Crippen LogP contribution >= 0.6 is 15.9 Å². The van der Waals surface area contributed by atoms with Crippen LogP contribution < -0.4 is 5.32 Å². The molecule has 0 fully saturated rings. The first-order valence-electron chi connectivity index (χ1n) is 5.50. The Hall–Kier alpha value is -1.43. The van der Waals surface area contributed by atoms with Crippen molar-refractivity contribution in [2.45, 2.75) is 19.8 Å². The Morgan fingerprint density at radius 2 is 2.41 bits per heavy atom. The molecule has 0 aliphatic carbocycles. The monoisotopic (exact) mass is 296 g/mol. The summed E-state index contributed by atoms with van der Waals surface area (Å²) in [6, 6.07) is 1.67. The number of carbonyl (C=O) groups excluding carboxylic acids is 1. The van der Waals surface area contributed by atoms with Gasteiger partial charge in [0.15, 0.2) is 11.3 Å². The first kappa shape index (κ1) is 12.0. The minimum Gasteiger partial charge on any atom is -0.351 e. The van der Waals surface area contributed by atoms with E-state index in [2.05, 4.69) is 38.3 Å². The standard InChI is InChI=1S/C11H13BrN4O/c1-2-3-4-13-11(17)9-5-10-14-6-8(12)7-16(10)15-9/h5-7H,2-4H2,1H3,(H,13,17). The van der Waals surface area contributed by atoms with E-state index >= 15 is 0 Å². The third-order valence-electron chi connectivity index (χ3n) is 2.33. The lowest BCUT2D eigenvalue weighted by atomic mass is 10.3. The van der Waals surface area contributed by atoms with Crippen LogP contribution in [0.2, 0.25) is 0 Å². The van der Waals surface area contributed by atoms with Crippen molar-refractivity contribution in [1.29, 1.82) is 0 Å². The van der Waals surface area contributed by atoms with Crippen molar-refractivity contribution in [3.05, 3.63) is 28.6 Å². The normalized spacial score (nSPS) is 10.7. The molecule has 0 saturated carbocycles. The van der Waals surface area contributed by atoms with E-state index in [1.54, 1.807) is 23.0 Å². The Bertz CT molecular complexity index is 537. The van der Waals surface area contributed by atoms with Crippen LogP contribution in [0.25, 0.3) is 5.65 Å². The van der Waals surface area contributed by atoms with E-state index in [4.69, 9.17) is 0 Å². The van der Waals surface area contributed by atoms with Gasteiger partial charge < -0.3 is 5.32 Å². The molecule has 90 valence electrons. The third-order valence-corrected chi connectivity index (χ3v) is 2.74. The molecule has 1 amide bonds. The molecule has 2 rings (SSSR count). The molecule has 6 heteroatoms. The van der Waals surface area contributed by atoms with E-state index in [0.717, 1.165) is 17.3 Å². The highest BCUT2D eigenvalue weighted by Crippen LogP contribution is 2.10. The van der Waals surface area contributed by atoms with Crippen molar-refractivity contribution in [2.24, 2.45) is 0 Å². The molecule has 0 unspecified atom stereocenters. The number of nitrogens with zero attached hydrogens (tertiary/aromatic N) is 3. The molecule has 17 heavy (non-hydrogen) atoms. The zero-order valence-corrected chi connectivity index (χ0v) is 11.1. The van der Waals surface area contributed by atoms with E-state index in [1.807, 2.05) is 0 Å². The number of hydrogen-bond acceptors (Lipinski definition) is 3. The Kier molecular flexibility index (Phi) is 3.73. The number of carbonyl (C=O) groups is 1. The first-order valence-corrected chi connectivity index (χ1v) is 6.29. The minimum atomic E-state index is -0.153. The Morgan fingerprint density at radius 1 is 1.59 bits per heavy atom. The van der Waals surface area contributed by atoms with Gasteiger partial charge in [-0.15, -0.1) is 0 Å². The smallest absolute Gasteiger partial charge is 0.271 e. The van der Waals surface area contributed by atoms with E-state index in [-0.39, 0.29) is 5.91 Å². The van der Waals surface area contributed by atoms with Crippen molar-refractivity contribution in [2.75, 3.05) is 6.54 Å². The van der Waals surface area contributed by atoms with Crippen molar-refractivity contribution in [3.63, 3.8) is 0 Å². The maximum absolute atomic E-state index is 11.7. The topological polar surface area (TPSA) is 59.3 Å². The van der Waals surface area contributed by atoms with Gasteiger partial charge in [0.1, 0.15) is 0 Å². The molecule has 2 aromatic heterocycles. The minimum absolute atomic E-state index is 0.153. The number of amides is 1. The zero-order chi connectivity index (χ0) is 12.3. The second-order valence-corrected chi connectivity index (χ2v) is 4.63. The van der Waals surface area contributed by atoms with Crippen molar-refractivity contribution >= 4 is 27.5 Å². The van der Waals surface area contributed by atoms with Crippen LogP contribution in [0, 0.1) is 0 Å².